The van der Waals surface area contributed by atoms with Gasteiger partial charge in [-0.25, -0.2) is 4.79 Å². The first-order valence-electron chi connectivity index (χ1n) is 12.2. The van der Waals surface area contributed by atoms with Crippen molar-refractivity contribution in [3.05, 3.63) is 65.7 Å². The molecule has 2 aromatic carbocycles. The number of carbonyl (C=O) groups is 2. The third-order valence-electron chi connectivity index (χ3n) is 6.82. The molecule has 2 saturated heterocycles. The summed E-state index contributed by atoms with van der Waals surface area (Å²) in [5.41, 5.74) is 2.25. The van der Waals surface area contributed by atoms with Crippen molar-refractivity contribution in [1.29, 1.82) is 0 Å². The number of fused-ring (bicyclic) bond motifs is 1. The Kier molecular flexibility index (Phi) is 8.38. The SMILES string of the molecule is COc1ccccc1C[C@H](C)N(Cc1ccccc1)C(=O)CCCC[C@@H]1SC[C@@H]2NC(=O)N[C@@H]21. The van der Waals surface area contributed by atoms with Gasteiger partial charge in [0.15, 0.2) is 0 Å². The maximum atomic E-state index is 13.4. The fourth-order valence-electron chi connectivity index (χ4n) is 4.98. The number of rotatable bonds is 11. The molecule has 4 atom stereocenters. The van der Waals surface area contributed by atoms with Gasteiger partial charge in [-0.05, 0) is 43.4 Å². The molecule has 0 aromatic heterocycles. The first kappa shape index (κ1) is 24.5. The number of benzene rings is 2. The number of nitrogens with zero attached hydrogens (tertiary/aromatic N) is 1. The van der Waals surface area contributed by atoms with E-state index in [1.807, 2.05) is 53.1 Å². The Labute approximate surface area is 206 Å². The summed E-state index contributed by atoms with van der Waals surface area (Å²) in [6.45, 7) is 2.73. The Hall–Kier alpha value is -2.67. The summed E-state index contributed by atoms with van der Waals surface area (Å²) in [6, 6.07) is 18.7. The molecular formula is C27H35N3O3S. The van der Waals surface area contributed by atoms with Gasteiger partial charge in [-0.1, -0.05) is 55.0 Å². The molecule has 2 aliphatic heterocycles. The zero-order chi connectivity index (χ0) is 23.9. The third kappa shape index (κ3) is 6.06. The molecule has 0 unspecified atom stereocenters. The standard InChI is InChI=1S/C27H35N3O3S/c1-19(16-21-12-6-7-13-23(21)33-2)30(17-20-10-4-3-5-11-20)25(31)15-9-8-14-24-26-22(18-34-24)28-27(32)29-26/h3-7,10-13,19,22,24,26H,8-9,14-18H2,1-2H3,(H2,28,29,32)/t19-,22-,24-,26-/m0/s1. The molecular weight excluding hydrogens is 446 g/mol. The van der Waals surface area contributed by atoms with Crippen LogP contribution in [0.3, 0.4) is 0 Å². The number of thioether (sulfide) groups is 1. The molecule has 34 heavy (non-hydrogen) atoms. The molecule has 2 aromatic rings. The summed E-state index contributed by atoms with van der Waals surface area (Å²) in [4.78, 5) is 27.0. The van der Waals surface area contributed by atoms with Crippen molar-refractivity contribution in [3.8, 4) is 5.75 Å². The monoisotopic (exact) mass is 481 g/mol. The molecule has 6 nitrogen and oxygen atoms in total. The van der Waals surface area contributed by atoms with Crippen LogP contribution < -0.4 is 15.4 Å². The van der Waals surface area contributed by atoms with Gasteiger partial charge in [0, 0.05) is 30.0 Å². The van der Waals surface area contributed by atoms with Crippen molar-refractivity contribution < 1.29 is 14.3 Å². The van der Waals surface area contributed by atoms with Gasteiger partial charge in [-0.3, -0.25) is 4.79 Å². The second-order valence-electron chi connectivity index (χ2n) is 9.24. The topological polar surface area (TPSA) is 70.7 Å². The van der Waals surface area contributed by atoms with E-state index in [2.05, 4.69) is 35.8 Å². The van der Waals surface area contributed by atoms with Crippen molar-refractivity contribution in [2.45, 2.75) is 68.9 Å². The number of hydrogen-bond donors (Lipinski definition) is 2. The van der Waals surface area contributed by atoms with Crippen LogP contribution in [0.2, 0.25) is 0 Å². The van der Waals surface area contributed by atoms with Gasteiger partial charge in [0.25, 0.3) is 0 Å². The van der Waals surface area contributed by atoms with Crippen LogP contribution in [-0.2, 0) is 17.8 Å². The normalized spacial score (nSPS) is 21.9. The van der Waals surface area contributed by atoms with Crippen LogP contribution in [0.15, 0.2) is 54.6 Å². The summed E-state index contributed by atoms with van der Waals surface area (Å²) in [6.07, 6.45) is 4.16. The van der Waals surface area contributed by atoms with E-state index in [4.69, 9.17) is 4.74 Å². The first-order chi connectivity index (χ1) is 16.5. The van der Waals surface area contributed by atoms with Crippen LogP contribution in [0.25, 0.3) is 0 Å². The van der Waals surface area contributed by atoms with Crippen molar-refractivity contribution in [3.63, 3.8) is 0 Å². The number of nitrogens with one attached hydrogen (secondary N) is 2. The van der Waals surface area contributed by atoms with Crippen LogP contribution in [0.1, 0.15) is 43.7 Å². The Bertz CT molecular complexity index is 971. The van der Waals surface area contributed by atoms with Gasteiger partial charge in [0.2, 0.25) is 5.91 Å². The zero-order valence-electron chi connectivity index (χ0n) is 20.0. The molecule has 4 rings (SSSR count). The van der Waals surface area contributed by atoms with E-state index in [9.17, 15) is 9.59 Å². The molecule has 0 bridgehead atoms. The number of hydrogen-bond acceptors (Lipinski definition) is 4. The Morgan fingerprint density at radius 2 is 1.88 bits per heavy atom. The number of urea groups is 1. The number of para-hydroxylation sites is 1. The summed E-state index contributed by atoms with van der Waals surface area (Å²) in [5, 5.41) is 6.48. The highest BCUT2D eigenvalue weighted by molar-refractivity contribution is 8.00. The average Bonchev–Trinajstić information content (AvgIpc) is 3.40. The lowest BCUT2D eigenvalue weighted by Gasteiger charge is -2.30. The minimum Gasteiger partial charge on any atom is -0.496 e. The van der Waals surface area contributed by atoms with E-state index in [1.165, 1.54) is 0 Å². The van der Waals surface area contributed by atoms with Crippen LogP contribution in [0.4, 0.5) is 4.79 Å². The Morgan fingerprint density at radius 3 is 2.68 bits per heavy atom. The molecule has 2 aliphatic rings. The smallest absolute Gasteiger partial charge is 0.315 e. The van der Waals surface area contributed by atoms with Gasteiger partial charge in [-0.15, -0.1) is 0 Å². The maximum absolute atomic E-state index is 13.4. The van der Waals surface area contributed by atoms with Crippen LogP contribution in [-0.4, -0.2) is 53.1 Å². The predicted octanol–water partition coefficient (Wildman–Crippen LogP) is 4.38. The van der Waals surface area contributed by atoms with Crippen molar-refractivity contribution in [2.75, 3.05) is 12.9 Å². The van der Waals surface area contributed by atoms with Crippen molar-refractivity contribution >= 4 is 23.7 Å². The Balaban J connectivity index is 1.34. The number of ether oxygens (including phenoxy) is 1. The first-order valence-corrected chi connectivity index (χ1v) is 13.2. The largest absolute Gasteiger partial charge is 0.496 e. The van der Waals surface area contributed by atoms with Crippen LogP contribution in [0.5, 0.6) is 5.75 Å². The van der Waals surface area contributed by atoms with Crippen molar-refractivity contribution in [2.24, 2.45) is 0 Å². The number of carbonyl (C=O) groups excluding carboxylic acids is 2. The lowest BCUT2D eigenvalue weighted by atomic mass is 10.0. The highest BCUT2D eigenvalue weighted by atomic mass is 32.2. The quantitative estimate of drug-likeness (QED) is 0.369. The summed E-state index contributed by atoms with van der Waals surface area (Å²) in [7, 11) is 1.69. The van der Waals surface area contributed by atoms with Crippen LogP contribution >= 0.6 is 11.8 Å². The maximum Gasteiger partial charge on any atom is 0.315 e. The summed E-state index contributed by atoms with van der Waals surface area (Å²) < 4.78 is 5.53. The summed E-state index contributed by atoms with van der Waals surface area (Å²) >= 11 is 1.93. The van der Waals surface area contributed by atoms with Gasteiger partial charge < -0.3 is 20.3 Å². The van der Waals surface area contributed by atoms with E-state index in [-0.39, 0.29) is 30.1 Å². The molecule has 7 heteroatoms. The fourth-order valence-corrected chi connectivity index (χ4v) is 6.52. The molecule has 0 aliphatic carbocycles. The minimum absolute atomic E-state index is 0.0453. The molecule has 2 N–H and O–H groups in total. The van der Waals surface area contributed by atoms with E-state index in [1.54, 1.807) is 7.11 Å². The molecule has 3 amide bonds. The van der Waals surface area contributed by atoms with E-state index in [0.29, 0.717) is 18.2 Å². The third-order valence-corrected chi connectivity index (χ3v) is 8.33. The lowest BCUT2D eigenvalue weighted by Crippen LogP contribution is -2.39. The van der Waals surface area contributed by atoms with Crippen molar-refractivity contribution in [1.82, 2.24) is 15.5 Å². The molecule has 182 valence electrons. The average molecular weight is 482 g/mol. The predicted molar refractivity (Wildman–Crippen MR) is 137 cm³/mol. The molecule has 0 spiro atoms. The second kappa shape index (κ2) is 11.6. The molecule has 0 radical (unpaired) electrons. The molecule has 2 heterocycles. The lowest BCUT2D eigenvalue weighted by molar-refractivity contribution is -0.134. The van der Waals surface area contributed by atoms with Crippen LogP contribution in [0, 0.1) is 0 Å². The number of amides is 3. The zero-order valence-corrected chi connectivity index (χ0v) is 20.9. The number of methoxy groups -OCH3 is 1. The number of unbranched alkanes of at least 4 members (excludes halogenated alkanes) is 1. The summed E-state index contributed by atoms with van der Waals surface area (Å²) in [5.74, 6) is 2.03. The van der Waals surface area contributed by atoms with E-state index in [0.717, 1.165) is 48.3 Å². The minimum atomic E-state index is -0.0453. The van der Waals surface area contributed by atoms with Gasteiger partial charge >= 0.3 is 6.03 Å². The highest BCUT2D eigenvalue weighted by Crippen LogP contribution is 2.33. The highest BCUT2D eigenvalue weighted by Gasteiger charge is 2.42. The molecule has 0 saturated carbocycles. The molecule has 2 fully saturated rings. The fraction of sp³-hybridized carbons (Fsp3) is 0.481. The Morgan fingerprint density at radius 1 is 1.12 bits per heavy atom. The van der Waals surface area contributed by atoms with Gasteiger partial charge in [-0.2, -0.15) is 11.8 Å². The van der Waals surface area contributed by atoms with E-state index >= 15 is 0 Å². The van der Waals surface area contributed by atoms with E-state index < -0.39 is 0 Å². The van der Waals surface area contributed by atoms with Gasteiger partial charge in [0.1, 0.15) is 5.75 Å². The van der Waals surface area contributed by atoms with Gasteiger partial charge in [0.05, 0.1) is 19.2 Å². The second-order valence-corrected chi connectivity index (χ2v) is 10.5.